The molecule has 0 aliphatic carbocycles. The van der Waals surface area contributed by atoms with Crippen LogP contribution in [0.15, 0.2) is 24.7 Å². The van der Waals surface area contributed by atoms with Gasteiger partial charge < -0.3 is 24.5 Å². The van der Waals surface area contributed by atoms with Crippen molar-refractivity contribution in [3.05, 3.63) is 35.9 Å². The monoisotopic (exact) mass is 291 g/mol. The molecule has 0 saturated heterocycles. The summed E-state index contributed by atoms with van der Waals surface area (Å²) in [6.45, 7) is 0.344. The predicted octanol–water partition coefficient (Wildman–Crippen LogP) is 1.37. The molecular weight excluding hydrogens is 274 g/mol. The maximum atomic E-state index is 12.3. The van der Waals surface area contributed by atoms with Crippen molar-refractivity contribution >= 4 is 5.91 Å². The van der Waals surface area contributed by atoms with Gasteiger partial charge in [0.15, 0.2) is 11.5 Å². The lowest BCUT2D eigenvalue weighted by molar-refractivity contribution is 0.0946. The van der Waals surface area contributed by atoms with Crippen LogP contribution in [-0.2, 0) is 6.54 Å². The average molecular weight is 291 g/mol. The number of nitrogens with zero attached hydrogens (tertiary/aromatic N) is 1. The summed E-state index contributed by atoms with van der Waals surface area (Å²) in [5, 5.41) is 2.78. The molecule has 0 atom stereocenters. The number of carbonyl (C=O) groups is 1. The summed E-state index contributed by atoms with van der Waals surface area (Å²) in [7, 11) is 4.49. The first-order valence-electron chi connectivity index (χ1n) is 6.25. The number of carbonyl (C=O) groups excluding carboxylic acids is 1. The fourth-order valence-corrected chi connectivity index (χ4v) is 1.93. The third kappa shape index (κ3) is 3.07. The molecule has 0 fully saturated rings. The number of rotatable bonds is 6. The lowest BCUT2D eigenvalue weighted by Crippen LogP contribution is -2.23. The van der Waals surface area contributed by atoms with Crippen molar-refractivity contribution in [2.75, 3.05) is 21.3 Å². The third-order valence-corrected chi connectivity index (χ3v) is 2.94. The van der Waals surface area contributed by atoms with Crippen LogP contribution < -0.4 is 19.5 Å². The molecule has 0 radical (unpaired) electrons. The molecule has 1 amide bonds. The van der Waals surface area contributed by atoms with Gasteiger partial charge in [0.25, 0.3) is 5.91 Å². The number of H-pyrrole nitrogens is 1. The van der Waals surface area contributed by atoms with E-state index >= 15 is 0 Å². The average Bonchev–Trinajstić information content (AvgIpc) is 3.04. The van der Waals surface area contributed by atoms with Crippen LogP contribution >= 0.6 is 0 Å². The number of nitrogens with one attached hydrogen (secondary N) is 2. The number of amides is 1. The second-order valence-electron chi connectivity index (χ2n) is 4.14. The maximum absolute atomic E-state index is 12.3. The van der Waals surface area contributed by atoms with E-state index < -0.39 is 0 Å². The van der Waals surface area contributed by atoms with Crippen LogP contribution in [0.4, 0.5) is 0 Å². The van der Waals surface area contributed by atoms with Crippen molar-refractivity contribution in [2.24, 2.45) is 0 Å². The van der Waals surface area contributed by atoms with Crippen LogP contribution in [-0.4, -0.2) is 37.2 Å². The van der Waals surface area contributed by atoms with Crippen LogP contribution in [0.3, 0.4) is 0 Å². The molecule has 21 heavy (non-hydrogen) atoms. The number of hydrogen-bond acceptors (Lipinski definition) is 5. The molecule has 0 bridgehead atoms. The first-order chi connectivity index (χ1) is 10.2. The van der Waals surface area contributed by atoms with E-state index in [1.165, 1.54) is 21.3 Å². The fourth-order valence-electron chi connectivity index (χ4n) is 1.93. The summed E-state index contributed by atoms with van der Waals surface area (Å²) in [4.78, 5) is 19.1. The SMILES string of the molecule is COc1ccc(C(=O)NCc2cnc[nH]2)c(OC)c1OC. The number of aromatic nitrogens is 2. The van der Waals surface area contributed by atoms with Crippen molar-refractivity contribution in [2.45, 2.75) is 6.54 Å². The van der Waals surface area contributed by atoms with Gasteiger partial charge in [-0.15, -0.1) is 0 Å². The third-order valence-electron chi connectivity index (χ3n) is 2.94. The molecule has 2 rings (SSSR count). The molecule has 0 aliphatic rings. The minimum Gasteiger partial charge on any atom is -0.493 e. The number of hydrogen-bond donors (Lipinski definition) is 2. The van der Waals surface area contributed by atoms with Crippen molar-refractivity contribution in [1.29, 1.82) is 0 Å². The highest BCUT2D eigenvalue weighted by molar-refractivity contribution is 5.98. The molecular formula is C14H17N3O4. The summed E-state index contributed by atoms with van der Waals surface area (Å²) < 4.78 is 15.7. The Hall–Kier alpha value is -2.70. The molecule has 1 heterocycles. The first kappa shape index (κ1) is 14.7. The molecule has 7 heteroatoms. The van der Waals surface area contributed by atoms with Gasteiger partial charge in [0.2, 0.25) is 5.75 Å². The molecule has 1 aromatic carbocycles. The van der Waals surface area contributed by atoms with Crippen LogP contribution in [0, 0.1) is 0 Å². The molecule has 7 nitrogen and oxygen atoms in total. The van der Waals surface area contributed by atoms with Gasteiger partial charge in [-0.3, -0.25) is 4.79 Å². The molecule has 0 saturated carbocycles. The Kier molecular flexibility index (Phi) is 4.65. The van der Waals surface area contributed by atoms with E-state index in [1.54, 1.807) is 24.7 Å². The second kappa shape index (κ2) is 6.65. The van der Waals surface area contributed by atoms with Crippen LogP contribution in [0.25, 0.3) is 0 Å². The van der Waals surface area contributed by atoms with E-state index in [2.05, 4.69) is 15.3 Å². The smallest absolute Gasteiger partial charge is 0.255 e. The van der Waals surface area contributed by atoms with Crippen molar-refractivity contribution in [3.63, 3.8) is 0 Å². The Labute approximate surface area is 122 Å². The minimum absolute atomic E-state index is 0.276. The Morgan fingerprint density at radius 2 is 1.95 bits per heavy atom. The highest BCUT2D eigenvalue weighted by Gasteiger charge is 2.20. The lowest BCUT2D eigenvalue weighted by Gasteiger charge is -2.15. The van der Waals surface area contributed by atoms with Crippen molar-refractivity contribution < 1.29 is 19.0 Å². The van der Waals surface area contributed by atoms with Gasteiger partial charge in [0, 0.05) is 6.20 Å². The fraction of sp³-hybridized carbons (Fsp3) is 0.286. The van der Waals surface area contributed by atoms with E-state index in [0.29, 0.717) is 29.4 Å². The number of imidazole rings is 1. The highest BCUT2D eigenvalue weighted by atomic mass is 16.5. The van der Waals surface area contributed by atoms with Gasteiger partial charge in [0.1, 0.15) is 0 Å². The standard InChI is InChI=1S/C14H17N3O4/c1-19-11-5-4-10(12(20-2)13(11)21-3)14(18)16-7-9-6-15-8-17-9/h4-6,8H,7H2,1-3H3,(H,15,17)(H,16,18). The normalized spacial score (nSPS) is 10.0. The largest absolute Gasteiger partial charge is 0.493 e. The van der Waals surface area contributed by atoms with Crippen LogP contribution in [0.5, 0.6) is 17.2 Å². The summed E-state index contributed by atoms with van der Waals surface area (Å²) in [5.41, 5.74) is 1.18. The zero-order chi connectivity index (χ0) is 15.2. The molecule has 0 spiro atoms. The number of aromatic amines is 1. The Morgan fingerprint density at radius 3 is 2.52 bits per heavy atom. The van der Waals surface area contributed by atoms with E-state index in [4.69, 9.17) is 14.2 Å². The van der Waals surface area contributed by atoms with E-state index in [1.807, 2.05) is 0 Å². The number of benzene rings is 1. The highest BCUT2D eigenvalue weighted by Crippen LogP contribution is 2.39. The van der Waals surface area contributed by atoms with Crippen molar-refractivity contribution in [1.82, 2.24) is 15.3 Å². The van der Waals surface area contributed by atoms with Gasteiger partial charge in [-0.2, -0.15) is 0 Å². The van der Waals surface area contributed by atoms with E-state index in [-0.39, 0.29) is 5.91 Å². The van der Waals surface area contributed by atoms with Crippen LogP contribution in [0.2, 0.25) is 0 Å². The zero-order valence-electron chi connectivity index (χ0n) is 12.1. The van der Waals surface area contributed by atoms with E-state index in [0.717, 1.165) is 5.69 Å². The predicted molar refractivity (Wildman–Crippen MR) is 75.9 cm³/mol. The lowest BCUT2D eigenvalue weighted by atomic mass is 10.1. The van der Waals surface area contributed by atoms with Crippen LogP contribution in [0.1, 0.15) is 16.1 Å². The summed E-state index contributed by atoms with van der Waals surface area (Å²) in [5.74, 6) is 0.940. The first-order valence-corrected chi connectivity index (χ1v) is 6.25. The maximum Gasteiger partial charge on any atom is 0.255 e. The minimum atomic E-state index is -0.276. The molecule has 1 aromatic heterocycles. The Balaban J connectivity index is 2.23. The topological polar surface area (TPSA) is 85.5 Å². The number of methoxy groups -OCH3 is 3. The van der Waals surface area contributed by atoms with Crippen molar-refractivity contribution in [3.8, 4) is 17.2 Å². The molecule has 0 aliphatic heterocycles. The second-order valence-corrected chi connectivity index (χ2v) is 4.14. The molecule has 0 unspecified atom stereocenters. The van der Waals surface area contributed by atoms with E-state index in [9.17, 15) is 4.79 Å². The Bertz CT molecular complexity index is 611. The van der Waals surface area contributed by atoms with Gasteiger partial charge in [-0.1, -0.05) is 0 Å². The zero-order valence-corrected chi connectivity index (χ0v) is 12.1. The van der Waals surface area contributed by atoms with Gasteiger partial charge in [-0.25, -0.2) is 4.98 Å². The van der Waals surface area contributed by atoms with Gasteiger partial charge in [-0.05, 0) is 12.1 Å². The Morgan fingerprint density at radius 1 is 1.19 bits per heavy atom. The molecule has 2 aromatic rings. The quantitative estimate of drug-likeness (QED) is 0.839. The number of ether oxygens (including phenoxy) is 3. The van der Waals surface area contributed by atoms with Gasteiger partial charge in [0.05, 0.1) is 45.5 Å². The summed E-state index contributed by atoms with van der Waals surface area (Å²) >= 11 is 0. The summed E-state index contributed by atoms with van der Waals surface area (Å²) in [6, 6.07) is 3.29. The van der Waals surface area contributed by atoms with Gasteiger partial charge >= 0.3 is 0 Å². The molecule has 112 valence electrons. The molecule has 2 N–H and O–H groups in total. The summed E-state index contributed by atoms with van der Waals surface area (Å²) in [6.07, 6.45) is 3.20.